The van der Waals surface area contributed by atoms with E-state index >= 15 is 0 Å². The topological polar surface area (TPSA) is 87.6 Å². The van der Waals surface area contributed by atoms with Gasteiger partial charge in [-0.1, -0.05) is 0 Å². The van der Waals surface area contributed by atoms with E-state index < -0.39 is 12.0 Å². The molecule has 1 aliphatic rings. The Morgan fingerprint density at radius 3 is 2.89 bits per heavy atom. The molecular weight excluding hydrogens is 236 g/mol. The highest BCUT2D eigenvalue weighted by Crippen LogP contribution is 2.15. The highest BCUT2D eigenvalue weighted by molar-refractivity contribution is 5.76. The molecule has 2 rings (SSSR count). The van der Waals surface area contributed by atoms with E-state index in [1.807, 2.05) is 0 Å². The zero-order chi connectivity index (χ0) is 13.0. The van der Waals surface area contributed by atoms with Crippen LogP contribution in [0.15, 0.2) is 12.4 Å². The average Bonchev–Trinajstić information content (AvgIpc) is 2.40. The maximum atomic E-state index is 10.8. The third kappa shape index (κ3) is 3.07. The second kappa shape index (κ2) is 5.63. The van der Waals surface area contributed by atoms with Crippen LogP contribution in [0.1, 0.15) is 6.92 Å². The number of anilines is 2. The summed E-state index contributed by atoms with van der Waals surface area (Å²) in [7, 11) is 0. The molecule has 18 heavy (non-hydrogen) atoms. The van der Waals surface area contributed by atoms with Crippen LogP contribution < -0.4 is 10.2 Å². The Kier molecular flexibility index (Phi) is 3.93. The number of hydrogen-bond acceptors (Lipinski definition) is 6. The summed E-state index contributed by atoms with van der Waals surface area (Å²) < 4.78 is 5.27. The smallest absolute Gasteiger partial charge is 0.325 e. The molecule has 2 heterocycles. The molecule has 0 saturated carbocycles. The number of aromatic nitrogens is 2. The molecule has 1 saturated heterocycles. The van der Waals surface area contributed by atoms with Crippen LogP contribution in [-0.2, 0) is 9.53 Å². The predicted molar refractivity (Wildman–Crippen MR) is 65.8 cm³/mol. The predicted octanol–water partition coefficient (Wildman–Crippen LogP) is 0.198. The summed E-state index contributed by atoms with van der Waals surface area (Å²) in [5, 5.41) is 11.6. The fraction of sp³-hybridized carbons (Fsp3) is 0.545. The normalized spacial score (nSPS) is 17.3. The Labute approximate surface area is 105 Å². The van der Waals surface area contributed by atoms with Crippen molar-refractivity contribution in [3.63, 3.8) is 0 Å². The average molecular weight is 252 g/mol. The van der Waals surface area contributed by atoms with Crippen LogP contribution in [-0.4, -0.2) is 53.4 Å². The molecular formula is C11H16N4O3. The molecule has 1 atom stereocenters. The lowest BCUT2D eigenvalue weighted by Crippen LogP contribution is -2.36. The molecule has 0 aromatic carbocycles. The summed E-state index contributed by atoms with van der Waals surface area (Å²) in [6, 6.07) is 1.07. The minimum atomic E-state index is -0.915. The lowest BCUT2D eigenvalue weighted by atomic mass is 10.3. The van der Waals surface area contributed by atoms with Gasteiger partial charge in [0.25, 0.3) is 0 Å². The Hall–Kier alpha value is -1.89. The van der Waals surface area contributed by atoms with E-state index in [-0.39, 0.29) is 0 Å². The summed E-state index contributed by atoms with van der Waals surface area (Å²) in [6.07, 6.45) is 1.43. The molecule has 0 spiro atoms. The van der Waals surface area contributed by atoms with Crippen LogP contribution >= 0.6 is 0 Å². The molecule has 2 N–H and O–H groups in total. The first-order valence-electron chi connectivity index (χ1n) is 5.81. The number of nitrogens with one attached hydrogen (secondary N) is 1. The molecule has 1 aliphatic heterocycles. The number of carboxylic acid groups (broad SMARTS) is 1. The van der Waals surface area contributed by atoms with Crippen LogP contribution in [0.25, 0.3) is 0 Å². The number of ether oxygens (including phenoxy) is 1. The fourth-order valence-corrected chi connectivity index (χ4v) is 1.67. The zero-order valence-electron chi connectivity index (χ0n) is 10.2. The summed E-state index contributed by atoms with van der Waals surface area (Å²) in [6.45, 7) is 4.49. The lowest BCUT2D eigenvalue weighted by molar-refractivity contribution is -0.137. The van der Waals surface area contributed by atoms with Crippen LogP contribution in [0, 0.1) is 0 Å². The van der Waals surface area contributed by atoms with Crippen molar-refractivity contribution in [3.8, 4) is 0 Å². The summed E-state index contributed by atoms with van der Waals surface area (Å²) in [5.74, 6) is 0.385. The Balaban J connectivity index is 2.06. The van der Waals surface area contributed by atoms with E-state index in [1.165, 1.54) is 6.33 Å². The van der Waals surface area contributed by atoms with Gasteiger partial charge >= 0.3 is 5.97 Å². The van der Waals surface area contributed by atoms with Crippen molar-refractivity contribution >= 4 is 17.6 Å². The van der Waals surface area contributed by atoms with Gasteiger partial charge in [0.1, 0.15) is 24.0 Å². The highest BCUT2D eigenvalue weighted by atomic mass is 16.5. The van der Waals surface area contributed by atoms with Crippen LogP contribution in [0.2, 0.25) is 0 Å². The van der Waals surface area contributed by atoms with Gasteiger partial charge in [-0.15, -0.1) is 0 Å². The number of rotatable bonds is 4. The van der Waals surface area contributed by atoms with Gasteiger partial charge < -0.3 is 20.1 Å². The molecule has 7 heteroatoms. The first-order valence-corrected chi connectivity index (χ1v) is 5.81. The molecule has 7 nitrogen and oxygen atoms in total. The first kappa shape index (κ1) is 12.6. The van der Waals surface area contributed by atoms with Gasteiger partial charge in [-0.2, -0.15) is 0 Å². The van der Waals surface area contributed by atoms with Gasteiger partial charge in [-0.05, 0) is 6.92 Å². The van der Waals surface area contributed by atoms with E-state index in [0.717, 1.165) is 18.9 Å². The zero-order valence-corrected chi connectivity index (χ0v) is 10.2. The maximum Gasteiger partial charge on any atom is 0.325 e. The van der Waals surface area contributed by atoms with Crippen LogP contribution in [0.5, 0.6) is 0 Å². The molecule has 0 amide bonds. The number of hydrogen-bond donors (Lipinski definition) is 2. The van der Waals surface area contributed by atoms with Crippen molar-refractivity contribution in [2.75, 3.05) is 36.5 Å². The second-order valence-electron chi connectivity index (χ2n) is 4.07. The number of morpholine rings is 1. The summed E-state index contributed by atoms with van der Waals surface area (Å²) in [4.78, 5) is 21.0. The third-order valence-electron chi connectivity index (χ3n) is 2.72. The Morgan fingerprint density at radius 2 is 2.22 bits per heavy atom. The van der Waals surface area contributed by atoms with Crippen molar-refractivity contribution in [1.82, 2.24) is 9.97 Å². The molecule has 0 radical (unpaired) electrons. The SMILES string of the molecule is C[C@H](Nc1cc(N2CCOCC2)ncn1)C(=O)O. The number of aliphatic carboxylic acids is 1. The van der Waals surface area contributed by atoms with E-state index in [9.17, 15) is 4.79 Å². The van der Waals surface area contributed by atoms with E-state index in [4.69, 9.17) is 9.84 Å². The number of nitrogens with zero attached hydrogens (tertiary/aromatic N) is 3. The molecule has 1 aromatic rings. The van der Waals surface area contributed by atoms with Crippen molar-refractivity contribution < 1.29 is 14.6 Å². The van der Waals surface area contributed by atoms with Gasteiger partial charge in [-0.25, -0.2) is 9.97 Å². The largest absolute Gasteiger partial charge is 0.480 e. The van der Waals surface area contributed by atoms with Gasteiger partial charge in [0.2, 0.25) is 0 Å². The molecule has 0 unspecified atom stereocenters. The van der Waals surface area contributed by atoms with Crippen molar-refractivity contribution in [3.05, 3.63) is 12.4 Å². The van der Waals surface area contributed by atoms with Crippen LogP contribution in [0.4, 0.5) is 11.6 Å². The summed E-state index contributed by atoms with van der Waals surface area (Å²) in [5.41, 5.74) is 0. The van der Waals surface area contributed by atoms with Gasteiger partial charge in [0, 0.05) is 19.2 Å². The monoisotopic (exact) mass is 252 g/mol. The summed E-state index contributed by atoms with van der Waals surface area (Å²) >= 11 is 0. The van der Waals surface area contributed by atoms with Crippen molar-refractivity contribution in [2.24, 2.45) is 0 Å². The van der Waals surface area contributed by atoms with E-state index in [2.05, 4.69) is 20.2 Å². The number of carboxylic acids is 1. The molecule has 0 bridgehead atoms. The quantitative estimate of drug-likeness (QED) is 0.791. The van der Waals surface area contributed by atoms with Gasteiger partial charge in [0.05, 0.1) is 13.2 Å². The van der Waals surface area contributed by atoms with Crippen molar-refractivity contribution in [1.29, 1.82) is 0 Å². The molecule has 0 aliphatic carbocycles. The third-order valence-corrected chi connectivity index (χ3v) is 2.72. The van der Waals surface area contributed by atoms with Crippen LogP contribution in [0.3, 0.4) is 0 Å². The standard InChI is InChI=1S/C11H16N4O3/c1-8(11(16)17)14-9-6-10(13-7-12-9)15-2-4-18-5-3-15/h6-8H,2-5H2,1H3,(H,16,17)(H,12,13,14)/t8-/m0/s1. The van der Waals surface area contributed by atoms with E-state index in [0.29, 0.717) is 19.0 Å². The maximum absolute atomic E-state index is 10.8. The lowest BCUT2D eigenvalue weighted by Gasteiger charge is -2.27. The van der Waals surface area contributed by atoms with E-state index in [1.54, 1.807) is 13.0 Å². The minimum absolute atomic E-state index is 0.515. The fourth-order valence-electron chi connectivity index (χ4n) is 1.67. The molecule has 1 aromatic heterocycles. The second-order valence-corrected chi connectivity index (χ2v) is 4.07. The Bertz CT molecular complexity index is 421. The Morgan fingerprint density at radius 1 is 1.50 bits per heavy atom. The first-order chi connectivity index (χ1) is 8.66. The molecule has 1 fully saturated rings. The highest BCUT2D eigenvalue weighted by Gasteiger charge is 2.15. The molecule has 98 valence electrons. The van der Waals surface area contributed by atoms with Gasteiger partial charge in [0.15, 0.2) is 0 Å². The number of carbonyl (C=O) groups is 1. The minimum Gasteiger partial charge on any atom is -0.480 e. The van der Waals surface area contributed by atoms with Crippen molar-refractivity contribution in [2.45, 2.75) is 13.0 Å². The van der Waals surface area contributed by atoms with Gasteiger partial charge in [-0.3, -0.25) is 4.79 Å².